The number of fused-ring (bicyclic) bond motifs is 3. The number of rotatable bonds is 3. The first-order valence-corrected chi connectivity index (χ1v) is 11.3. The van der Waals surface area contributed by atoms with Crippen LogP contribution in [0.4, 0.5) is 0 Å². The number of pyridine rings is 2. The highest BCUT2D eigenvalue weighted by Crippen LogP contribution is 2.38. The van der Waals surface area contributed by atoms with E-state index < -0.39 is 27.4 Å². The maximum absolute atomic E-state index is 8.43. The first kappa shape index (κ1) is 12.6. The molecule has 6 aromatic rings. The molecule has 3 aromatic heterocycles. The van der Waals surface area contributed by atoms with Crippen LogP contribution in [0.2, 0.25) is 0 Å². The van der Waals surface area contributed by atoms with Crippen LogP contribution in [0.15, 0.2) is 83.4 Å². The van der Waals surface area contributed by atoms with E-state index in [0.717, 1.165) is 11.8 Å². The summed E-state index contributed by atoms with van der Waals surface area (Å²) in [6.45, 7) is -8.77. The van der Waals surface area contributed by atoms with Gasteiger partial charge in [-0.2, -0.15) is 0 Å². The van der Waals surface area contributed by atoms with Crippen molar-refractivity contribution >= 4 is 22.1 Å². The van der Waals surface area contributed by atoms with E-state index in [1.807, 2.05) is 6.92 Å². The number of hydrogen-bond donors (Lipinski definition) is 0. The number of furan rings is 1. The van der Waals surface area contributed by atoms with Gasteiger partial charge in [0.2, 0.25) is 5.71 Å². The zero-order chi connectivity index (χ0) is 35.0. The van der Waals surface area contributed by atoms with Crippen molar-refractivity contribution in [3.8, 4) is 33.5 Å². The molecular weight excluding hydrogens is 440 g/mol. The minimum Gasteiger partial charge on any atom is -0.437 e. The molecule has 0 N–H and O–H groups in total. The maximum atomic E-state index is 8.43. The summed E-state index contributed by atoms with van der Waals surface area (Å²) in [7, 11) is 0. The number of nitrogens with zero attached hydrogens (tertiary/aromatic N) is 2. The number of hydrogen-bond acceptors (Lipinski definition) is 3. The van der Waals surface area contributed by atoms with Crippen LogP contribution in [-0.4, -0.2) is 9.97 Å². The van der Waals surface area contributed by atoms with Gasteiger partial charge in [-0.05, 0) is 97.5 Å². The lowest BCUT2D eigenvalue weighted by Crippen LogP contribution is -1.94. The number of benzene rings is 3. The lowest BCUT2D eigenvalue weighted by Gasteiger charge is -2.16. The van der Waals surface area contributed by atoms with Crippen molar-refractivity contribution in [2.75, 3.05) is 0 Å². The van der Waals surface area contributed by atoms with Gasteiger partial charge in [0, 0.05) is 44.7 Å². The molecule has 0 unspecified atom stereocenters. The van der Waals surface area contributed by atoms with Gasteiger partial charge in [-0.15, -0.1) is 0 Å². The molecule has 176 valence electrons. The molecule has 0 aliphatic heterocycles. The Labute approximate surface area is 228 Å². The summed E-state index contributed by atoms with van der Waals surface area (Å²) >= 11 is 0. The van der Waals surface area contributed by atoms with Crippen LogP contribution in [-0.2, 0) is 0 Å². The fourth-order valence-corrected chi connectivity index (χ4v) is 4.50. The van der Waals surface area contributed by atoms with Gasteiger partial charge in [0.1, 0.15) is 5.58 Å². The normalized spacial score (nSPS) is 17.8. The molecule has 0 radical (unpaired) electrons. The van der Waals surface area contributed by atoms with Gasteiger partial charge in [-0.25, -0.2) is 4.98 Å². The average molecular weight is 481 g/mol. The molecule has 0 bridgehead atoms. The standard InChI is InChI=1S/C33H28N2O/c1-19-9-12-24(13-10-19)28-15-21(3)29(16-20(28)2)30-17-31(34-18-22(30)4)27-8-6-7-25-26-14-11-23(5)35-33(26)36-32(25)27/h6-18H,1-5H3/i2D3,3D3,4D3,5D3. The summed E-state index contributed by atoms with van der Waals surface area (Å²) in [6.07, 6.45) is 1.14. The number of aromatic nitrogens is 2. The van der Waals surface area contributed by atoms with Crippen LogP contribution in [0.5, 0.6) is 0 Å². The van der Waals surface area contributed by atoms with Gasteiger partial charge >= 0.3 is 0 Å². The van der Waals surface area contributed by atoms with Gasteiger partial charge in [-0.3, -0.25) is 4.98 Å². The zero-order valence-electron chi connectivity index (χ0n) is 31.3. The quantitative estimate of drug-likeness (QED) is 0.254. The Morgan fingerprint density at radius 1 is 0.694 bits per heavy atom. The lowest BCUT2D eigenvalue weighted by molar-refractivity contribution is 0.653. The summed E-state index contributed by atoms with van der Waals surface area (Å²) < 4.78 is 104. The van der Waals surface area contributed by atoms with Gasteiger partial charge in [0.05, 0.1) is 5.69 Å². The third-order valence-corrected chi connectivity index (χ3v) is 6.35. The van der Waals surface area contributed by atoms with E-state index >= 15 is 0 Å². The van der Waals surface area contributed by atoms with Crippen LogP contribution in [0.3, 0.4) is 0 Å². The van der Waals surface area contributed by atoms with E-state index in [0.29, 0.717) is 27.5 Å². The fourth-order valence-electron chi connectivity index (χ4n) is 4.50. The first-order chi connectivity index (χ1) is 22.2. The Hall–Kier alpha value is -4.24. The molecule has 3 heterocycles. The second-order valence-corrected chi connectivity index (χ2v) is 8.76. The van der Waals surface area contributed by atoms with Crippen molar-refractivity contribution in [3.05, 3.63) is 107 Å². The van der Waals surface area contributed by atoms with Crippen molar-refractivity contribution < 1.29 is 20.9 Å². The Morgan fingerprint density at radius 3 is 2.28 bits per heavy atom. The Balaban J connectivity index is 1.65. The van der Waals surface area contributed by atoms with Crippen molar-refractivity contribution in [2.24, 2.45) is 0 Å². The van der Waals surface area contributed by atoms with Crippen molar-refractivity contribution in [1.82, 2.24) is 9.97 Å². The summed E-state index contributed by atoms with van der Waals surface area (Å²) in [6, 6.07) is 19.2. The molecule has 0 spiro atoms. The predicted molar refractivity (Wildman–Crippen MR) is 149 cm³/mol. The summed E-state index contributed by atoms with van der Waals surface area (Å²) in [5.41, 5.74) is 1.77. The van der Waals surface area contributed by atoms with Crippen molar-refractivity contribution in [3.63, 3.8) is 0 Å². The minimum absolute atomic E-state index is 0.0250. The summed E-state index contributed by atoms with van der Waals surface area (Å²) in [4.78, 5) is 8.63. The Kier molecular flexibility index (Phi) is 2.97. The van der Waals surface area contributed by atoms with Crippen molar-refractivity contribution in [1.29, 1.82) is 0 Å². The van der Waals surface area contributed by atoms with Gasteiger partial charge in [0.15, 0.2) is 0 Å². The predicted octanol–water partition coefficient (Wildman–Crippen LogP) is 8.92. The smallest absolute Gasteiger partial charge is 0.227 e. The van der Waals surface area contributed by atoms with Crippen LogP contribution >= 0.6 is 0 Å². The van der Waals surface area contributed by atoms with E-state index in [9.17, 15) is 0 Å². The minimum atomic E-state index is -2.76. The summed E-state index contributed by atoms with van der Waals surface area (Å²) in [5, 5.41) is 1.16. The van der Waals surface area contributed by atoms with Gasteiger partial charge < -0.3 is 4.42 Å². The molecular formula is C33H28N2O. The molecule has 6 rings (SSSR count). The third kappa shape index (κ3) is 3.68. The van der Waals surface area contributed by atoms with Gasteiger partial charge in [0.25, 0.3) is 0 Å². The SMILES string of the molecule is [2H]C([2H])([2H])c1ccc2c(n1)oc1c(-c3cc(-c4cc(C([2H])([2H])[2H])c(-c5ccc(C)cc5)cc4C([2H])([2H])[2H])c(C([2H])([2H])[2H])cn3)cccc12. The number of para-hydroxylation sites is 1. The lowest BCUT2D eigenvalue weighted by atomic mass is 9.90. The van der Waals surface area contributed by atoms with Crippen molar-refractivity contribution in [2.45, 2.75) is 34.3 Å². The summed E-state index contributed by atoms with van der Waals surface area (Å²) in [5.74, 6) is 0. The molecule has 0 saturated heterocycles. The van der Waals surface area contributed by atoms with E-state index in [1.165, 1.54) is 24.3 Å². The molecule has 3 nitrogen and oxygen atoms in total. The molecule has 0 amide bonds. The maximum Gasteiger partial charge on any atom is 0.227 e. The molecule has 3 aromatic carbocycles. The molecule has 36 heavy (non-hydrogen) atoms. The molecule has 0 fully saturated rings. The Morgan fingerprint density at radius 2 is 1.47 bits per heavy atom. The molecule has 3 heteroatoms. The second kappa shape index (κ2) is 8.46. The van der Waals surface area contributed by atoms with Crippen LogP contribution < -0.4 is 0 Å². The monoisotopic (exact) mass is 480 g/mol. The molecule has 0 aliphatic rings. The largest absolute Gasteiger partial charge is 0.437 e. The average Bonchev–Trinajstić information content (AvgIpc) is 3.37. The number of aryl methyl sites for hydroxylation is 5. The van der Waals surface area contributed by atoms with Gasteiger partial charge in [-0.1, -0.05) is 54.1 Å². The molecule has 0 saturated carbocycles. The van der Waals surface area contributed by atoms with E-state index in [-0.39, 0.29) is 50.5 Å². The van der Waals surface area contributed by atoms with E-state index in [2.05, 4.69) is 9.97 Å². The Bertz CT molecular complexity index is 2190. The highest BCUT2D eigenvalue weighted by atomic mass is 16.3. The second-order valence-electron chi connectivity index (χ2n) is 8.76. The molecule has 0 atom stereocenters. The van der Waals surface area contributed by atoms with E-state index in [1.54, 1.807) is 48.5 Å². The highest BCUT2D eigenvalue weighted by Gasteiger charge is 2.16. The topological polar surface area (TPSA) is 38.9 Å². The van der Waals surface area contributed by atoms with Crippen LogP contribution in [0, 0.1) is 34.3 Å². The third-order valence-electron chi connectivity index (χ3n) is 6.35. The zero-order valence-corrected chi connectivity index (χ0v) is 19.3. The van der Waals surface area contributed by atoms with Crippen LogP contribution in [0.25, 0.3) is 55.6 Å². The molecule has 0 aliphatic carbocycles. The van der Waals surface area contributed by atoms with Crippen LogP contribution in [0.1, 0.15) is 44.4 Å². The first-order valence-electron chi connectivity index (χ1n) is 17.3. The fraction of sp³-hybridized carbons (Fsp3) is 0.152. The van der Waals surface area contributed by atoms with E-state index in [4.69, 9.17) is 20.9 Å². The highest BCUT2D eigenvalue weighted by molar-refractivity contribution is 6.08.